The molecule has 2 aromatic rings. The van der Waals surface area contributed by atoms with Crippen LogP contribution in [0.15, 0.2) is 18.2 Å². The molecule has 0 atom stereocenters. The van der Waals surface area contributed by atoms with Crippen LogP contribution in [0.4, 0.5) is 0 Å². The first kappa shape index (κ1) is 14.0. The fourth-order valence-electron chi connectivity index (χ4n) is 3.41. The molecule has 0 spiro atoms. The lowest BCUT2D eigenvalue weighted by atomic mass is 9.86. The average Bonchev–Trinajstić information content (AvgIpc) is 2.91. The van der Waals surface area contributed by atoms with Gasteiger partial charge in [0.1, 0.15) is 5.69 Å². The number of rotatable bonds is 3. The molecule has 4 heteroatoms. The molecule has 0 N–H and O–H groups in total. The first-order valence-electron chi connectivity index (χ1n) is 7.68. The Bertz CT molecular complexity index is 634. The van der Waals surface area contributed by atoms with E-state index in [0.717, 1.165) is 30.5 Å². The summed E-state index contributed by atoms with van der Waals surface area (Å²) in [5, 5.41) is 8.34. The third-order valence-corrected chi connectivity index (χ3v) is 4.29. The maximum atomic E-state index is 11.3. The molecule has 0 saturated heterocycles. The first-order chi connectivity index (χ1) is 10.2. The molecule has 21 heavy (non-hydrogen) atoms. The van der Waals surface area contributed by atoms with Crippen LogP contribution in [0, 0.1) is 13.8 Å². The number of nitrogens with zero attached hydrogens (tertiary/aromatic N) is 3. The van der Waals surface area contributed by atoms with E-state index in [-0.39, 0.29) is 0 Å². The maximum absolute atomic E-state index is 11.3. The standard InChI is InChI=1S/C17H21N3O/c1-12-8-13(2)10-15(9-12)20-17(16(11-21)18-19-20)14-6-4-3-5-7-14/h8-11,14H,3-7H2,1-2H3. The molecule has 0 bridgehead atoms. The Kier molecular flexibility index (Phi) is 3.86. The fraction of sp³-hybridized carbons (Fsp3) is 0.471. The maximum Gasteiger partial charge on any atom is 0.172 e. The molecule has 1 fully saturated rings. The summed E-state index contributed by atoms with van der Waals surface area (Å²) in [6.07, 6.45) is 6.83. The molecule has 3 rings (SSSR count). The number of carbonyl (C=O) groups is 1. The van der Waals surface area contributed by atoms with E-state index >= 15 is 0 Å². The number of aldehydes is 1. The lowest BCUT2D eigenvalue weighted by Crippen LogP contribution is -2.13. The molecular formula is C17H21N3O. The average molecular weight is 283 g/mol. The second-order valence-corrected chi connectivity index (χ2v) is 6.07. The summed E-state index contributed by atoms with van der Waals surface area (Å²) in [6, 6.07) is 6.34. The van der Waals surface area contributed by atoms with Crippen molar-refractivity contribution in [2.24, 2.45) is 0 Å². The molecular weight excluding hydrogens is 262 g/mol. The van der Waals surface area contributed by atoms with Crippen molar-refractivity contribution in [2.45, 2.75) is 51.9 Å². The highest BCUT2D eigenvalue weighted by molar-refractivity contribution is 5.74. The van der Waals surface area contributed by atoms with Crippen LogP contribution in [-0.4, -0.2) is 21.3 Å². The molecule has 1 aromatic heterocycles. The number of hydrogen-bond acceptors (Lipinski definition) is 3. The van der Waals surface area contributed by atoms with Gasteiger partial charge in [-0.05, 0) is 49.9 Å². The van der Waals surface area contributed by atoms with Crippen LogP contribution in [0.25, 0.3) is 5.69 Å². The summed E-state index contributed by atoms with van der Waals surface area (Å²) < 4.78 is 1.87. The molecule has 0 amide bonds. The van der Waals surface area contributed by atoms with Crippen LogP contribution in [0.2, 0.25) is 0 Å². The minimum atomic E-state index is 0.398. The SMILES string of the molecule is Cc1cc(C)cc(-n2nnc(C=O)c2C2CCCCC2)c1. The second kappa shape index (κ2) is 5.80. The van der Waals surface area contributed by atoms with Gasteiger partial charge < -0.3 is 0 Å². The van der Waals surface area contributed by atoms with Gasteiger partial charge in [-0.1, -0.05) is 30.5 Å². The van der Waals surface area contributed by atoms with Gasteiger partial charge in [0.05, 0.1) is 11.4 Å². The van der Waals surface area contributed by atoms with Crippen molar-refractivity contribution in [3.05, 3.63) is 40.7 Å². The minimum absolute atomic E-state index is 0.398. The third-order valence-electron chi connectivity index (χ3n) is 4.29. The van der Waals surface area contributed by atoms with E-state index in [4.69, 9.17) is 0 Å². The van der Waals surface area contributed by atoms with E-state index < -0.39 is 0 Å². The molecule has 1 aliphatic rings. The monoisotopic (exact) mass is 283 g/mol. The summed E-state index contributed by atoms with van der Waals surface area (Å²) in [5.41, 5.74) is 4.90. The lowest BCUT2D eigenvalue weighted by molar-refractivity contribution is 0.111. The number of benzene rings is 1. The number of hydrogen-bond donors (Lipinski definition) is 0. The highest BCUT2D eigenvalue weighted by atomic mass is 16.1. The van der Waals surface area contributed by atoms with Crippen LogP contribution in [0.5, 0.6) is 0 Å². The Morgan fingerprint density at radius 3 is 2.38 bits per heavy atom. The quantitative estimate of drug-likeness (QED) is 0.806. The fourth-order valence-corrected chi connectivity index (χ4v) is 3.41. The molecule has 4 nitrogen and oxygen atoms in total. The van der Waals surface area contributed by atoms with Gasteiger partial charge in [-0.2, -0.15) is 0 Å². The van der Waals surface area contributed by atoms with Crippen LogP contribution in [0.3, 0.4) is 0 Å². The molecule has 110 valence electrons. The predicted molar refractivity (Wildman–Crippen MR) is 82.0 cm³/mol. The lowest BCUT2D eigenvalue weighted by Gasteiger charge is -2.22. The zero-order valence-electron chi connectivity index (χ0n) is 12.7. The number of carbonyl (C=O) groups excluding carboxylic acids is 1. The smallest absolute Gasteiger partial charge is 0.172 e. The van der Waals surface area contributed by atoms with Gasteiger partial charge in [0.15, 0.2) is 6.29 Å². The molecule has 0 unspecified atom stereocenters. The largest absolute Gasteiger partial charge is 0.296 e. The van der Waals surface area contributed by atoms with Crippen molar-refractivity contribution in [1.82, 2.24) is 15.0 Å². The summed E-state index contributed by atoms with van der Waals surface area (Å²) >= 11 is 0. The highest BCUT2D eigenvalue weighted by Crippen LogP contribution is 2.34. The second-order valence-electron chi connectivity index (χ2n) is 6.07. The molecule has 0 radical (unpaired) electrons. The molecule has 0 aliphatic heterocycles. The predicted octanol–water partition coefficient (Wildman–Crippen LogP) is 3.74. The van der Waals surface area contributed by atoms with E-state index in [1.165, 1.54) is 30.4 Å². The van der Waals surface area contributed by atoms with Crippen LogP contribution in [-0.2, 0) is 0 Å². The molecule has 1 heterocycles. The molecule has 1 saturated carbocycles. The summed E-state index contributed by atoms with van der Waals surface area (Å²) in [5.74, 6) is 0.398. The third kappa shape index (κ3) is 2.75. The van der Waals surface area contributed by atoms with Gasteiger partial charge in [-0.3, -0.25) is 4.79 Å². The normalized spacial score (nSPS) is 16.1. The Balaban J connectivity index is 2.09. The Labute approximate surface area is 125 Å². The van der Waals surface area contributed by atoms with E-state index in [9.17, 15) is 4.79 Å². The molecule has 1 aromatic carbocycles. The van der Waals surface area contributed by atoms with Gasteiger partial charge in [0.25, 0.3) is 0 Å². The van der Waals surface area contributed by atoms with Gasteiger partial charge in [-0.15, -0.1) is 5.10 Å². The van der Waals surface area contributed by atoms with Crippen LogP contribution < -0.4 is 0 Å². The summed E-state index contributed by atoms with van der Waals surface area (Å²) in [7, 11) is 0. The summed E-state index contributed by atoms with van der Waals surface area (Å²) in [6.45, 7) is 4.16. The Morgan fingerprint density at radius 1 is 1.10 bits per heavy atom. The van der Waals surface area contributed by atoms with Gasteiger partial charge >= 0.3 is 0 Å². The van der Waals surface area contributed by atoms with Crippen molar-refractivity contribution >= 4 is 6.29 Å². The van der Waals surface area contributed by atoms with Crippen molar-refractivity contribution in [3.63, 3.8) is 0 Å². The van der Waals surface area contributed by atoms with Crippen molar-refractivity contribution < 1.29 is 4.79 Å². The summed E-state index contributed by atoms with van der Waals surface area (Å²) in [4.78, 5) is 11.3. The Morgan fingerprint density at radius 2 is 1.76 bits per heavy atom. The van der Waals surface area contributed by atoms with Crippen LogP contribution >= 0.6 is 0 Å². The van der Waals surface area contributed by atoms with E-state index in [0.29, 0.717) is 11.6 Å². The van der Waals surface area contributed by atoms with E-state index in [1.807, 2.05) is 4.68 Å². The van der Waals surface area contributed by atoms with Crippen molar-refractivity contribution in [3.8, 4) is 5.69 Å². The number of aryl methyl sites for hydroxylation is 2. The first-order valence-corrected chi connectivity index (χ1v) is 7.68. The zero-order valence-corrected chi connectivity index (χ0v) is 12.7. The van der Waals surface area contributed by atoms with Gasteiger partial charge in [0, 0.05) is 5.92 Å². The van der Waals surface area contributed by atoms with Crippen molar-refractivity contribution in [2.75, 3.05) is 0 Å². The van der Waals surface area contributed by atoms with Crippen molar-refractivity contribution in [1.29, 1.82) is 0 Å². The number of aromatic nitrogens is 3. The van der Waals surface area contributed by atoms with Crippen LogP contribution in [0.1, 0.15) is 65.3 Å². The highest BCUT2D eigenvalue weighted by Gasteiger charge is 2.25. The zero-order chi connectivity index (χ0) is 14.8. The van der Waals surface area contributed by atoms with Gasteiger partial charge in [-0.25, -0.2) is 4.68 Å². The Hall–Kier alpha value is -1.97. The molecule has 1 aliphatic carbocycles. The topological polar surface area (TPSA) is 47.8 Å². The van der Waals surface area contributed by atoms with E-state index in [2.05, 4.69) is 42.4 Å². The van der Waals surface area contributed by atoms with Gasteiger partial charge in [0.2, 0.25) is 0 Å². The minimum Gasteiger partial charge on any atom is -0.296 e. The van der Waals surface area contributed by atoms with E-state index in [1.54, 1.807) is 0 Å².